The van der Waals surface area contributed by atoms with Crippen LogP contribution in [-0.4, -0.2) is 39.8 Å². The van der Waals surface area contributed by atoms with Crippen molar-refractivity contribution in [1.82, 2.24) is 4.98 Å². The van der Waals surface area contributed by atoms with Crippen LogP contribution in [0, 0.1) is 6.92 Å². The summed E-state index contributed by atoms with van der Waals surface area (Å²) in [5.41, 5.74) is 6.01. The third kappa shape index (κ3) is 5.27. The molecule has 0 spiro atoms. The predicted octanol–water partition coefficient (Wildman–Crippen LogP) is 7.75. The molecule has 0 radical (unpaired) electrons. The smallest absolute Gasteiger partial charge is 0.337 e. The molecular formula is C30H28ClN3O3S. The van der Waals surface area contributed by atoms with Crippen molar-refractivity contribution in [1.29, 1.82) is 0 Å². The average molecular weight is 546 g/mol. The maximum atomic E-state index is 12.5. The molecule has 0 bridgehead atoms. The summed E-state index contributed by atoms with van der Waals surface area (Å²) < 4.78 is 7.00. The van der Waals surface area contributed by atoms with Gasteiger partial charge >= 0.3 is 5.97 Å². The first-order valence-corrected chi connectivity index (χ1v) is 13.5. The molecule has 1 unspecified atom stereocenters. The van der Waals surface area contributed by atoms with Crippen LogP contribution in [0.3, 0.4) is 0 Å². The van der Waals surface area contributed by atoms with Crippen LogP contribution < -0.4 is 0 Å². The molecule has 1 aliphatic heterocycles. The Balaban J connectivity index is 1.73. The van der Waals surface area contributed by atoms with Crippen LogP contribution in [-0.2, 0) is 9.53 Å². The lowest BCUT2D eigenvalue weighted by Gasteiger charge is -2.28. The Hall–Kier alpha value is -3.39. The van der Waals surface area contributed by atoms with Gasteiger partial charge in [0.1, 0.15) is 11.2 Å². The summed E-state index contributed by atoms with van der Waals surface area (Å²) in [6, 6.07) is 17.5. The van der Waals surface area contributed by atoms with E-state index in [9.17, 15) is 9.90 Å². The number of thiazole rings is 1. The minimum Gasteiger partial charge on any atom is -0.479 e. The molecule has 5 rings (SSSR count). The zero-order valence-electron chi connectivity index (χ0n) is 21.8. The largest absolute Gasteiger partial charge is 0.479 e. The van der Waals surface area contributed by atoms with Crippen molar-refractivity contribution < 1.29 is 14.6 Å². The molecule has 0 aliphatic carbocycles. The molecule has 3 aromatic carbocycles. The molecule has 8 heteroatoms. The van der Waals surface area contributed by atoms with E-state index in [1.165, 1.54) is 11.3 Å². The number of carboxylic acid groups (broad SMARTS) is 1. The molecule has 0 saturated heterocycles. The highest BCUT2D eigenvalue weighted by Crippen LogP contribution is 2.44. The Kier molecular flexibility index (Phi) is 6.94. The zero-order chi connectivity index (χ0) is 27.2. The fourth-order valence-corrected chi connectivity index (χ4v) is 5.82. The number of rotatable bonds is 6. The summed E-state index contributed by atoms with van der Waals surface area (Å²) in [7, 11) is 0. The van der Waals surface area contributed by atoms with Crippen LogP contribution in [0.5, 0.6) is 0 Å². The van der Waals surface area contributed by atoms with Gasteiger partial charge in [0.25, 0.3) is 0 Å². The van der Waals surface area contributed by atoms with Gasteiger partial charge in [-0.05, 0) is 70.0 Å². The topological polar surface area (TPSA) is 84.1 Å². The van der Waals surface area contributed by atoms with E-state index in [0.29, 0.717) is 10.6 Å². The highest BCUT2D eigenvalue weighted by atomic mass is 35.5. The second-order valence-electron chi connectivity index (χ2n) is 10.3. The summed E-state index contributed by atoms with van der Waals surface area (Å²) in [4.78, 5) is 26.4. The summed E-state index contributed by atoms with van der Waals surface area (Å²) >= 11 is 7.73. The van der Waals surface area contributed by atoms with Gasteiger partial charge in [-0.15, -0.1) is 11.3 Å². The first-order valence-electron chi connectivity index (χ1n) is 12.3. The molecule has 0 saturated carbocycles. The first kappa shape index (κ1) is 26.2. The number of halogens is 1. The van der Waals surface area contributed by atoms with Crippen molar-refractivity contribution in [2.45, 2.75) is 52.5 Å². The van der Waals surface area contributed by atoms with Crippen LogP contribution in [0.1, 0.15) is 50.5 Å². The predicted molar refractivity (Wildman–Crippen MR) is 156 cm³/mol. The number of hydrogen-bond donors (Lipinski definition) is 1. The Morgan fingerprint density at radius 3 is 2.42 bits per heavy atom. The van der Waals surface area contributed by atoms with Crippen LogP contribution in [0.25, 0.3) is 31.9 Å². The highest BCUT2D eigenvalue weighted by Gasteiger charge is 2.32. The molecule has 6 nitrogen and oxygen atoms in total. The monoisotopic (exact) mass is 545 g/mol. The number of carbonyl (C=O) groups is 1. The number of aromatic nitrogens is 1. The fraction of sp³-hybridized carbons (Fsp3) is 0.267. The number of aliphatic carboxylic acids is 1. The van der Waals surface area contributed by atoms with Gasteiger partial charge in [0.2, 0.25) is 0 Å². The number of ether oxygens (including phenoxy) is 1. The SMILES string of the molecule is Cc1cc2nc(-c3cccc(C4=NC(C)N=C4)c3)sc2c(-c2ccc(Cl)cc2)c1[C@H](OC(C)(C)C)C(=O)O. The fourth-order valence-electron chi connectivity index (χ4n) is 4.57. The van der Waals surface area contributed by atoms with Gasteiger partial charge in [0, 0.05) is 33.5 Å². The summed E-state index contributed by atoms with van der Waals surface area (Å²) in [5.74, 6) is -1.04. The second-order valence-corrected chi connectivity index (χ2v) is 11.7. The van der Waals surface area contributed by atoms with E-state index in [1.807, 2.05) is 83.1 Å². The Bertz CT molecular complexity index is 1600. The van der Waals surface area contributed by atoms with E-state index < -0.39 is 17.7 Å². The van der Waals surface area contributed by atoms with Crippen LogP contribution in [0.4, 0.5) is 0 Å². The number of aryl methyl sites for hydroxylation is 1. The third-order valence-electron chi connectivity index (χ3n) is 6.16. The van der Waals surface area contributed by atoms with E-state index in [2.05, 4.69) is 16.1 Å². The van der Waals surface area contributed by atoms with Gasteiger partial charge in [0.05, 0.1) is 21.5 Å². The lowest BCUT2D eigenvalue weighted by molar-refractivity contribution is -0.160. The van der Waals surface area contributed by atoms with Crippen molar-refractivity contribution in [3.05, 3.63) is 76.3 Å². The molecule has 0 fully saturated rings. The summed E-state index contributed by atoms with van der Waals surface area (Å²) in [6.45, 7) is 9.44. The van der Waals surface area contributed by atoms with Crippen LogP contribution >= 0.6 is 22.9 Å². The van der Waals surface area contributed by atoms with Gasteiger partial charge in [-0.3, -0.25) is 9.98 Å². The number of benzene rings is 3. The molecule has 2 atom stereocenters. The lowest BCUT2D eigenvalue weighted by atomic mass is 9.91. The van der Waals surface area contributed by atoms with Gasteiger partial charge < -0.3 is 9.84 Å². The van der Waals surface area contributed by atoms with E-state index in [1.54, 1.807) is 6.21 Å². The highest BCUT2D eigenvalue weighted by molar-refractivity contribution is 7.22. The maximum Gasteiger partial charge on any atom is 0.337 e. The van der Waals surface area contributed by atoms with Crippen LogP contribution in [0.2, 0.25) is 5.02 Å². The maximum absolute atomic E-state index is 12.5. The first-order chi connectivity index (χ1) is 18.0. The van der Waals surface area contributed by atoms with Crippen molar-refractivity contribution >= 4 is 51.0 Å². The van der Waals surface area contributed by atoms with E-state index in [4.69, 9.17) is 21.3 Å². The van der Waals surface area contributed by atoms with E-state index >= 15 is 0 Å². The normalized spacial score (nSPS) is 16.2. The summed E-state index contributed by atoms with van der Waals surface area (Å²) in [5, 5.41) is 11.7. The molecule has 4 aromatic rings. The molecular weight excluding hydrogens is 518 g/mol. The zero-order valence-corrected chi connectivity index (χ0v) is 23.4. The third-order valence-corrected chi connectivity index (χ3v) is 7.55. The number of carboxylic acids is 1. The van der Waals surface area contributed by atoms with Crippen molar-refractivity contribution in [2.24, 2.45) is 9.98 Å². The number of aliphatic imine (C=N–C) groups is 2. The quantitative estimate of drug-likeness (QED) is 0.268. The van der Waals surface area contributed by atoms with E-state index in [0.717, 1.165) is 48.8 Å². The Labute approximate surface area is 230 Å². The van der Waals surface area contributed by atoms with Gasteiger partial charge in [-0.25, -0.2) is 9.78 Å². The van der Waals surface area contributed by atoms with Crippen molar-refractivity contribution in [3.63, 3.8) is 0 Å². The molecule has 2 heterocycles. The lowest BCUT2D eigenvalue weighted by Crippen LogP contribution is -2.28. The molecule has 1 aromatic heterocycles. The number of fused-ring (bicyclic) bond motifs is 1. The minimum absolute atomic E-state index is 0.0723. The van der Waals surface area contributed by atoms with E-state index in [-0.39, 0.29) is 6.17 Å². The Morgan fingerprint density at radius 1 is 1.08 bits per heavy atom. The molecule has 38 heavy (non-hydrogen) atoms. The number of nitrogens with zero attached hydrogens (tertiary/aromatic N) is 3. The molecule has 0 amide bonds. The molecule has 1 aliphatic rings. The van der Waals surface area contributed by atoms with Gasteiger partial charge in [-0.1, -0.05) is 41.9 Å². The second kappa shape index (κ2) is 10.1. The van der Waals surface area contributed by atoms with Gasteiger partial charge in [-0.2, -0.15) is 0 Å². The molecule has 1 N–H and O–H groups in total. The average Bonchev–Trinajstić information content (AvgIpc) is 3.48. The van der Waals surface area contributed by atoms with Crippen molar-refractivity contribution in [2.75, 3.05) is 0 Å². The number of hydrogen-bond acceptors (Lipinski definition) is 6. The standard InChI is InChI=1S/C30H28ClN3O3S/c1-16-13-22-27(38-28(34-22)20-8-6-7-19(14-20)23-15-32-17(2)33-23)25(18-9-11-21(31)12-10-18)24(16)26(29(35)36)37-30(3,4)5/h6-15,17,26H,1-5H3,(H,35,36)/t17?,26-/m0/s1. The van der Waals surface area contributed by atoms with Crippen LogP contribution in [0.15, 0.2) is 64.6 Å². The Morgan fingerprint density at radius 2 is 1.79 bits per heavy atom. The summed E-state index contributed by atoms with van der Waals surface area (Å²) in [6.07, 6.45) is 0.579. The van der Waals surface area contributed by atoms with Gasteiger partial charge in [0.15, 0.2) is 6.10 Å². The minimum atomic E-state index is -1.15. The van der Waals surface area contributed by atoms with Crippen molar-refractivity contribution in [3.8, 4) is 21.7 Å². The molecule has 194 valence electrons.